The van der Waals surface area contributed by atoms with Gasteiger partial charge in [-0.25, -0.2) is 12.7 Å². The molecule has 2 aromatic carbocycles. The van der Waals surface area contributed by atoms with Gasteiger partial charge in [-0.2, -0.15) is 0 Å². The van der Waals surface area contributed by atoms with Crippen molar-refractivity contribution in [1.82, 2.24) is 4.31 Å². The number of nitrogens with one attached hydrogen (secondary N) is 1. The zero-order valence-corrected chi connectivity index (χ0v) is 14.4. The Bertz CT molecular complexity index is 1030. The van der Waals surface area contributed by atoms with Gasteiger partial charge in [0, 0.05) is 11.8 Å². The van der Waals surface area contributed by atoms with Crippen LogP contribution in [0.25, 0.3) is 0 Å². The first-order valence-electron chi connectivity index (χ1n) is 7.78. The number of hydrogen-bond donors (Lipinski definition) is 1. The van der Waals surface area contributed by atoms with Crippen molar-refractivity contribution in [3.8, 4) is 11.5 Å². The average molecular weight is 374 g/mol. The first-order valence-corrected chi connectivity index (χ1v) is 9.22. The lowest BCUT2D eigenvalue weighted by atomic mass is 10.2. The molecule has 0 saturated carbocycles. The molecule has 0 fully saturated rings. The van der Waals surface area contributed by atoms with Crippen LogP contribution < -0.4 is 14.8 Å². The van der Waals surface area contributed by atoms with Gasteiger partial charge in [0.15, 0.2) is 11.5 Å². The van der Waals surface area contributed by atoms with E-state index in [1.165, 1.54) is 25.1 Å². The molecule has 0 saturated heterocycles. The van der Waals surface area contributed by atoms with Gasteiger partial charge in [0.25, 0.3) is 15.9 Å². The minimum atomic E-state index is -4.06. The van der Waals surface area contributed by atoms with Crippen molar-refractivity contribution in [3.63, 3.8) is 0 Å². The second kappa shape index (κ2) is 5.73. The molecule has 0 bridgehead atoms. The third-order valence-electron chi connectivity index (χ3n) is 4.23. The number of amides is 2. The number of fused-ring (bicyclic) bond motifs is 2. The van der Waals surface area contributed by atoms with Gasteiger partial charge in [0.1, 0.15) is 10.9 Å². The molecule has 0 aromatic heterocycles. The van der Waals surface area contributed by atoms with Crippen LogP contribution >= 0.6 is 0 Å². The summed E-state index contributed by atoms with van der Waals surface area (Å²) in [4.78, 5) is 24.9. The predicted molar refractivity (Wildman–Crippen MR) is 90.5 cm³/mol. The predicted octanol–water partition coefficient (Wildman–Crippen LogP) is 1.59. The van der Waals surface area contributed by atoms with Crippen molar-refractivity contribution in [3.05, 3.63) is 48.0 Å². The zero-order valence-electron chi connectivity index (χ0n) is 13.6. The number of carbonyl (C=O) groups is 2. The summed E-state index contributed by atoms with van der Waals surface area (Å²) in [5.41, 5.74) is 0.475. The SMILES string of the molecule is C[C@H](C(=O)Nc1ccc2c(c1)OCO2)N1C(=O)c2ccccc2S1(=O)=O. The van der Waals surface area contributed by atoms with Crippen molar-refractivity contribution in [2.75, 3.05) is 12.1 Å². The number of carbonyl (C=O) groups excluding carboxylic acids is 2. The van der Waals surface area contributed by atoms with Crippen LogP contribution in [0.1, 0.15) is 17.3 Å². The Labute approximate surface area is 149 Å². The molecule has 134 valence electrons. The van der Waals surface area contributed by atoms with Crippen LogP contribution in [0, 0.1) is 0 Å². The fraction of sp³-hybridized carbons (Fsp3) is 0.176. The van der Waals surface area contributed by atoms with Crippen molar-refractivity contribution in [2.24, 2.45) is 0 Å². The van der Waals surface area contributed by atoms with E-state index in [0.29, 0.717) is 21.5 Å². The number of benzene rings is 2. The number of rotatable bonds is 3. The number of nitrogens with zero attached hydrogens (tertiary/aromatic N) is 1. The van der Waals surface area contributed by atoms with Gasteiger partial charge in [-0.1, -0.05) is 12.1 Å². The van der Waals surface area contributed by atoms with E-state index in [9.17, 15) is 18.0 Å². The van der Waals surface area contributed by atoms with Crippen LogP contribution in [0.3, 0.4) is 0 Å². The van der Waals surface area contributed by atoms with E-state index in [1.54, 1.807) is 24.3 Å². The molecule has 9 heteroatoms. The summed E-state index contributed by atoms with van der Waals surface area (Å²) in [6.45, 7) is 1.46. The quantitative estimate of drug-likeness (QED) is 0.875. The maximum atomic E-state index is 12.6. The first kappa shape index (κ1) is 16.4. The molecule has 0 radical (unpaired) electrons. The Morgan fingerprint density at radius 1 is 1.15 bits per heavy atom. The van der Waals surface area contributed by atoms with Crippen LogP contribution in [-0.4, -0.2) is 37.4 Å². The molecule has 1 atom stereocenters. The number of ether oxygens (including phenoxy) is 2. The first-order chi connectivity index (χ1) is 12.4. The molecule has 26 heavy (non-hydrogen) atoms. The van der Waals surface area contributed by atoms with E-state index >= 15 is 0 Å². The molecule has 1 N–H and O–H groups in total. The highest BCUT2D eigenvalue weighted by atomic mass is 32.2. The van der Waals surface area contributed by atoms with E-state index in [0.717, 1.165) is 0 Å². The lowest BCUT2D eigenvalue weighted by Crippen LogP contribution is -2.45. The summed E-state index contributed by atoms with van der Waals surface area (Å²) in [5, 5.41) is 2.60. The maximum Gasteiger partial charge on any atom is 0.269 e. The molecule has 4 rings (SSSR count). The minimum Gasteiger partial charge on any atom is -0.454 e. The third kappa shape index (κ3) is 2.39. The standard InChI is InChI=1S/C17H14N2O6S/c1-10(16(20)18-11-6-7-13-14(8-11)25-9-24-13)19-17(21)12-4-2-3-5-15(12)26(19,22)23/h2-8,10H,9H2,1H3,(H,18,20)/t10-/m1/s1. The van der Waals surface area contributed by atoms with Crippen LogP contribution in [0.5, 0.6) is 11.5 Å². The molecule has 8 nitrogen and oxygen atoms in total. The van der Waals surface area contributed by atoms with Crippen molar-refractivity contribution in [2.45, 2.75) is 17.9 Å². The largest absolute Gasteiger partial charge is 0.454 e. The van der Waals surface area contributed by atoms with E-state index in [-0.39, 0.29) is 17.3 Å². The number of anilines is 1. The van der Waals surface area contributed by atoms with E-state index < -0.39 is 27.9 Å². The molecule has 2 aliphatic heterocycles. The van der Waals surface area contributed by atoms with Gasteiger partial charge in [0.2, 0.25) is 12.7 Å². The van der Waals surface area contributed by atoms with E-state index in [4.69, 9.17) is 9.47 Å². The molecule has 0 spiro atoms. The maximum absolute atomic E-state index is 12.6. The van der Waals surface area contributed by atoms with Gasteiger partial charge < -0.3 is 14.8 Å². The minimum absolute atomic E-state index is 0.0650. The van der Waals surface area contributed by atoms with Crippen LogP contribution in [0.4, 0.5) is 5.69 Å². The van der Waals surface area contributed by atoms with Crippen molar-refractivity contribution >= 4 is 27.5 Å². The summed E-state index contributed by atoms with van der Waals surface area (Å²) >= 11 is 0. The average Bonchev–Trinajstić information content (AvgIpc) is 3.16. The topological polar surface area (TPSA) is 102 Å². The van der Waals surface area contributed by atoms with Crippen LogP contribution in [-0.2, 0) is 14.8 Å². The van der Waals surface area contributed by atoms with Crippen LogP contribution in [0.2, 0.25) is 0 Å². The lowest BCUT2D eigenvalue weighted by molar-refractivity contribution is -0.118. The fourth-order valence-corrected chi connectivity index (χ4v) is 4.64. The number of hydrogen-bond acceptors (Lipinski definition) is 6. The van der Waals surface area contributed by atoms with Crippen LogP contribution in [0.15, 0.2) is 47.4 Å². The normalized spacial score (nSPS) is 17.7. The van der Waals surface area contributed by atoms with Gasteiger partial charge in [0.05, 0.1) is 5.56 Å². The Morgan fingerprint density at radius 2 is 1.88 bits per heavy atom. The van der Waals surface area contributed by atoms with E-state index in [1.807, 2.05) is 0 Å². The summed E-state index contributed by atoms with van der Waals surface area (Å²) in [7, 11) is -4.06. The molecular formula is C17H14N2O6S. The van der Waals surface area contributed by atoms with Gasteiger partial charge >= 0.3 is 0 Å². The van der Waals surface area contributed by atoms with Gasteiger partial charge in [-0.15, -0.1) is 0 Å². The molecule has 2 aromatic rings. The smallest absolute Gasteiger partial charge is 0.269 e. The third-order valence-corrected chi connectivity index (χ3v) is 6.14. The molecule has 0 unspecified atom stereocenters. The Balaban J connectivity index is 1.59. The Kier molecular flexibility index (Phi) is 3.62. The van der Waals surface area contributed by atoms with E-state index in [2.05, 4.69) is 5.32 Å². The molecule has 2 amide bonds. The lowest BCUT2D eigenvalue weighted by Gasteiger charge is -2.22. The molecular weight excluding hydrogens is 360 g/mol. The Hall–Kier alpha value is -3.07. The fourth-order valence-electron chi connectivity index (χ4n) is 2.91. The second-order valence-corrected chi connectivity index (χ2v) is 7.62. The molecule has 2 aliphatic rings. The Morgan fingerprint density at radius 3 is 2.65 bits per heavy atom. The molecule has 2 heterocycles. The highest BCUT2D eigenvalue weighted by Crippen LogP contribution is 2.35. The summed E-state index contributed by atoms with van der Waals surface area (Å²) < 4.78 is 36.3. The number of sulfonamides is 1. The van der Waals surface area contributed by atoms with Crippen molar-refractivity contribution in [1.29, 1.82) is 0 Å². The zero-order chi connectivity index (χ0) is 18.5. The second-order valence-electron chi connectivity index (χ2n) is 5.84. The molecule has 0 aliphatic carbocycles. The van der Waals surface area contributed by atoms with Gasteiger partial charge in [-0.3, -0.25) is 9.59 Å². The highest BCUT2D eigenvalue weighted by molar-refractivity contribution is 7.90. The monoisotopic (exact) mass is 374 g/mol. The summed E-state index contributed by atoms with van der Waals surface area (Å²) in [5.74, 6) is -0.306. The summed E-state index contributed by atoms with van der Waals surface area (Å²) in [6, 6.07) is 9.48. The highest BCUT2D eigenvalue weighted by Gasteiger charge is 2.45. The van der Waals surface area contributed by atoms with Crippen molar-refractivity contribution < 1.29 is 27.5 Å². The summed E-state index contributed by atoms with van der Waals surface area (Å²) in [6.07, 6.45) is 0. The van der Waals surface area contributed by atoms with Gasteiger partial charge in [-0.05, 0) is 31.2 Å².